The molecule has 0 unspecified atom stereocenters. The monoisotopic (exact) mass is 287 g/mol. The van der Waals surface area contributed by atoms with Gasteiger partial charge in [0.2, 0.25) is 0 Å². The third-order valence-corrected chi connectivity index (χ3v) is 2.86. The Hall–Kier alpha value is -1.84. The number of carbonyl (C=O) groups is 1. The van der Waals surface area contributed by atoms with Gasteiger partial charge in [-0.15, -0.1) is 0 Å². The summed E-state index contributed by atoms with van der Waals surface area (Å²) < 4.78 is 71.5. The number of rotatable bonds is 3. The van der Waals surface area contributed by atoms with E-state index in [2.05, 4.69) is 0 Å². The van der Waals surface area contributed by atoms with Crippen molar-refractivity contribution in [1.29, 1.82) is 0 Å². The largest absolute Gasteiger partial charge is 0.516 e. The van der Waals surface area contributed by atoms with Crippen LogP contribution in [-0.4, -0.2) is 25.0 Å². The van der Waals surface area contributed by atoms with E-state index in [-0.39, 0.29) is 0 Å². The summed E-state index contributed by atoms with van der Waals surface area (Å²) in [5.41, 5.74) is -7.11. The van der Waals surface area contributed by atoms with E-state index in [1.54, 1.807) is 0 Å². The molecule has 0 aromatic heterocycles. The Morgan fingerprint density at radius 3 is 2.22 bits per heavy atom. The fraction of sp³-hybridized carbons (Fsp3) is 0.125. The van der Waals surface area contributed by atoms with Crippen LogP contribution in [0.4, 0.5) is 23.2 Å². The van der Waals surface area contributed by atoms with Crippen LogP contribution in [0.25, 0.3) is 0 Å². The average Bonchev–Trinajstić information content (AvgIpc) is 2.18. The quantitative estimate of drug-likeness (QED) is 0.830. The number of nitrogens with one attached hydrogen (secondary N) is 1. The van der Waals surface area contributed by atoms with Gasteiger partial charge in [0.1, 0.15) is 5.82 Å². The first-order chi connectivity index (χ1) is 8.04. The summed E-state index contributed by atoms with van der Waals surface area (Å²) in [7, 11) is -5.74. The third kappa shape index (κ3) is 2.88. The maximum absolute atomic E-state index is 13.2. The Morgan fingerprint density at radius 1 is 1.28 bits per heavy atom. The van der Waals surface area contributed by atoms with Crippen molar-refractivity contribution in [2.45, 2.75) is 5.51 Å². The highest BCUT2D eigenvalue weighted by Gasteiger charge is 2.46. The predicted molar refractivity (Wildman–Crippen MR) is 52.0 cm³/mol. The summed E-state index contributed by atoms with van der Waals surface area (Å²) in [5.74, 6) is -2.93. The molecule has 100 valence electrons. The minimum atomic E-state index is -5.74. The van der Waals surface area contributed by atoms with Gasteiger partial charge < -0.3 is 5.11 Å². The zero-order valence-electron chi connectivity index (χ0n) is 8.32. The molecule has 2 N–H and O–H groups in total. The first kappa shape index (κ1) is 14.2. The van der Waals surface area contributed by atoms with Crippen molar-refractivity contribution in [2.24, 2.45) is 0 Å². The summed E-state index contributed by atoms with van der Waals surface area (Å²) in [6.07, 6.45) is 0. The number of halogens is 4. The first-order valence-electron chi connectivity index (χ1n) is 4.16. The molecule has 1 rings (SSSR count). The second-order valence-corrected chi connectivity index (χ2v) is 4.72. The highest BCUT2D eigenvalue weighted by Crippen LogP contribution is 2.26. The Balaban J connectivity index is 3.11. The lowest BCUT2D eigenvalue weighted by atomic mass is 10.2. The molecule has 10 heteroatoms. The Labute approximate surface area is 98.1 Å². The molecule has 0 heterocycles. The van der Waals surface area contributed by atoms with Gasteiger partial charge in [-0.25, -0.2) is 9.18 Å². The maximum Gasteiger partial charge on any atom is 0.516 e. The molecule has 0 amide bonds. The maximum atomic E-state index is 13.2. The van der Waals surface area contributed by atoms with Crippen molar-refractivity contribution in [3.63, 3.8) is 0 Å². The van der Waals surface area contributed by atoms with E-state index in [1.807, 2.05) is 0 Å². The van der Waals surface area contributed by atoms with Crippen LogP contribution in [-0.2, 0) is 10.0 Å². The van der Waals surface area contributed by atoms with Crippen molar-refractivity contribution in [1.82, 2.24) is 0 Å². The van der Waals surface area contributed by atoms with Gasteiger partial charge in [-0.05, 0) is 18.2 Å². The third-order valence-electron chi connectivity index (χ3n) is 1.77. The molecular weight excluding hydrogens is 282 g/mol. The van der Waals surface area contributed by atoms with E-state index < -0.39 is 38.6 Å². The molecule has 0 atom stereocenters. The second-order valence-electron chi connectivity index (χ2n) is 3.05. The second kappa shape index (κ2) is 4.44. The van der Waals surface area contributed by atoms with Gasteiger partial charge in [0.15, 0.2) is 0 Å². The van der Waals surface area contributed by atoms with Crippen molar-refractivity contribution in [3.05, 3.63) is 29.6 Å². The van der Waals surface area contributed by atoms with E-state index in [9.17, 15) is 30.8 Å². The van der Waals surface area contributed by atoms with E-state index in [0.29, 0.717) is 12.1 Å². The van der Waals surface area contributed by atoms with Crippen molar-refractivity contribution < 1.29 is 35.9 Å². The van der Waals surface area contributed by atoms with E-state index >= 15 is 0 Å². The lowest BCUT2D eigenvalue weighted by molar-refractivity contribution is -0.0429. The number of hydrogen-bond acceptors (Lipinski definition) is 3. The van der Waals surface area contributed by atoms with Crippen LogP contribution in [0.5, 0.6) is 0 Å². The summed E-state index contributed by atoms with van der Waals surface area (Å²) in [5, 5.41) is 8.48. The molecule has 0 aliphatic heterocycles. The lowest BCUT2D eigenvalue weighted by Crippen LogP contribution is -2.30. The molecule has 0 saturated carbocycles. The van der Waals surface area contributed by atoms with E-state index in [4.69, 9.17) is 5.11 Å². The number of carboxylic acids is 1. The predicted octanol–water partition coefficient (Wildman–Crippen LogP) is 1.79. The van der Waals surface area contributed by atoms with Crippen LogP contribution in [0.15, 0.2) is 18.2 Å². The molecule has 0 fully saturated rings. The van der Waals surface area contributed by atoms with Gasteiger partial charge in [-0.3, -0.25) is 4.72 Å². The fourth-order valence-corrected chi connectivity index (χ4v) is 1.50. The Bertz CT molecular complexity index is 581. The molecule has 0 spiro atoms. The number of hydrogen-bond donors (Lipinski definition) is 2. The molecule has 0 bridgehead atoms. The van der Waals surface area contributed by atoms with E-state index in [0.717, 1.165) is 10.8 Å². The van der Waals surface area contributed by atoms with Crippen LogP contribution in [0, 0.1) is 5.82 Å². The summed E-state index contributed by atoms with van der Waals surface area (Å²) in [4.78, 5) is 10.4. The number of carboxylic acid groups (broad SMARTS) is 1. The van der Waals surface area contributed by atoms with Gasteiger partial charge in [-0.1, -0.05) is 0 Å². The SMILES string of the molecule is O=C(O)c1ccc(NS(=O)(=O)C(F)(F)F)c(F)c1. The molecule has 1 aromatic rings. The van der Waals surface area contributed by atoms with Gasteiger partial charge in [0.25, 0.3) is 0 Å². The number of aromatic carboxylic acids is 1. The zero-order chi connectivity index (χ0) is 14.1. The van der Waals surface area contributed by atoms with Crippen LogP contribution in [0.3, 0.4) is 0 Å². The summed E-state index contributed by atoms with van der Waals surface area (Å²) >= 11 is 0. The lowest BCUT2D eigenvalue weighted by Gasteiger charge is -2.11. The standard InChI is InChI=1S/C8H5F4NO4S/c9-5-3-4(7(14)15)1-2-6(5)13-18(16,17)8(10,11)12/h1-3,13H,(H,14,15). The molecular formula is C8H5F4NO4S. The van der Waals surface area contributed by atoms with E-state index in [1.165, 1.54) is 0 Å². The van der Waals surface area contributed by atoms with Crippen LogP contribution >= 0.6 is 0 Å². The van der Waals surface area contributed by atoms with Gasteiger partial charge in [0.05, 0.1) is 11.3 Å². The van der Waals surface area contributed by atoms with Crippen molar-refractivity contribution >= 4 is 21.7 Å². The minimum absolute atomic E-state index is 0.399. The molecule has 18 heavy (non-hydrogen) atoms. The first-order valence-corrected chi connectivity index (χ1v) is 5.65. The molecule has 0 saturated heterocycles. The van der Waals surface area contributed by atoms with Gasteiger partial charge in [0, 0.05) is 0 Å². The minimum Gasteiger partial charge on any atom is -0.478 e. The van der Waals surface area contributed by atoms with Crippen molar-refractivity contribution in [2.75, 3.05) is 4.72 Å². The van der Waals surface area contributed by atoms with Crippen LogP contribution in [0.1, 0.15) is 10.4 Å². The summed E-state index contributed by atoms with van der Waals surface area (Å²) in [6, 6.07) is 1.75. The number of sulfonamides is 1. The smallest absolute Gasteiger partial charge is 0.478 e. The number of anilines is 1. The normalized spacial score (nSPS) is 12.2. The number of benzene rings is 1. The van der Waals surface area contributed by atoms with Crippen LogP contribution in [0.2, 0.25) is 0 Å². The van der Waals surface area contributed by atoms with Gasteiger partial charge in [-0.2, -0.15) is 21.6 Å². The highest BCUT2D eigenvalue weighted by molar-refractivity contribution is 7.93. The zero-order valence-corrected chi connectivity index (χ0v) is 9.14. The molecule has 0 aliphatic rings. The Morgan fingerprint density at radius 2 is 1.83 bits per heavy atom. The number of alkyl halides is 3. The van der Waals surface area contributed by atoms with Crippen LogP contribution < -0.4 is 4.72 Å². The molecule has 5 nitrogen and oxygen atoms in total. The Kier molecular flexibility index (Phi) is 3.51. The highest BCUT2D eigenvalue weighted by atomic mass is 32.2. The topological polar surface area (TPSA) is 83.5 Å². The van der Waals surface area contributed by atoms with Gasteiger partial charge >= 0.3 is 21.5 Å². The summed E-state index contributed by atoms with van der Waals surface area (Å²) in [6.45, 7) is 0. The fourth-order valence-electron chi connectivity index (χ4n) is 0.934. The molecule has 0 radical (unpaired) electrons. The average molecular weight is 287 g/mol. The molecule has 0 aliphatic carbocycles. The molecule has 1 aromatic carbocycles. The van der Waals surface area contributed by atoms with Crippen molar-refractivity contribution in [3.8, 4) is 0 Å².